The van der Waals surface area contributed by atoms with Gasteiger partial charge in [-0.2, -0.15) is 0 Å². The number of hydrogen-bond acceptors (Lipinski definition) is 8. The first-order chi connectivity index (χ1) is 18.6. The van der Waals surface area contributed by atoms with Gasteiger partial charge in [0.15, 0.2) is 0 Å². The van der Waals surface area contributed by atoms with Crippen LogP contribution in [-0.4, -0.2) is 75.1 Å². The number of methoxy groups -OCH3 is 1. The molecular weight excluding hydrogens is 536 g/mol. The van der Waals surface area contributed by atoms with Gasteiger partial charge in [-0.25, -0.2) is 13.4 Å². The highest BCUT2D eigenvalue weighted by Crippen LogP contribution is 2.28. The summed E-state index contributed by atoms with van der Waals surface area (Å²) in [4.78, 5) is 22.0. The number of aromatic nitrogens is 1. The highest BCUT2D eigenvalue weighted by Gasteiger charge is 2.29. The summed E-state index contributed by atoms with van der Waals surface area (Å²) in [5, 5.41) is 2.97. The van der Waals surface area contributed by atoms with Gasteiger partial charge in [0.25, 0.3) is 15.9 Å². The van der Waals surface area contributed by atoms with Crippen LogP contribution in [0.3, 0.4) is 0 Å². The first-order valence-electron chi connectivity index (χ1n) is 12.8. The van der Waals surface area contributed by atoms with Gasteiger partial charge in [0.05, 0.1) is 28.8 Å². The fourth-order valence-corrected chi connectivity index (χ4v) is 6.26. The summed E-state index contributed by atoms with van der Waals surface area (Å²) in [5.74, 6) is 0.241. The molecule has 1 N–H and O–H groups in total. The van der Waals surface area contributed by atoms with Crippen LogP contribution in [0.25, 0.3) is 0 Å². The predicted molar refractivity (Wildman–Crippen MR) is 153 cm³/mol. The van der Waals surface area contributed by atoms with Gasteiger partial charge >= 0.3 is 0 Å². The lowest BCUT2D eigenvalue weighted by molar-refractivity contribution is 0.00921. The lowest BCUT2D eigenvalue weighted by Gasteiger charge is -2.35. The van der Waals surface area contributed by atoms with E-state index in [9.17, 15) is 13.2 Å². The van der Waals surface area contributed by atoms with E-state index in [0.29, 0.717) is 36.7 Å². The fourth-order valence-electron chi connectivity index (χ4n) is 4.57. The average Bonchev–Trinajstić information content (AvgIpc) is 3.42. The van der Waals surface area contributed by atoms with Crippen molar-refractivity contribution in [1.29, 1.82) is 0 Å². The maximum atomic E-state index is 13.5. The van der Waals surface area contributed by atoms with E-state index in [-0.39, 0.29) is 28.9 Å². The Morgan fingerprint density at radius 2 is 1.90 bits per heavy atom. The molecule has 1 aliphatic rings. The van der Waals surface area contributed by atoms with Crippen molar-refractivity contribution >= 4 is 33.0 Å². The van der Waals surface area contributed by atoms with E-state index in [2.05, 4.69) is 28.5 Å². The number of carbonyl (C=O) groups is 1. The molecule has 3 aromatic rings. The van der Waals surface area contributed by atoms with E-state index in [1.54, 1.807) is 79.1 Å². The Labute approximate surface area is 234 Å². The predicted octanol–water partition coefficient (Wildman–Crippen LogP) is 4.26. The summed E-state index contributed by atoms with van der Waals surface area (Å²) in [6.07, 6.45) is 1.63. The first-order valence-corrected chi connectivity index (χ1v) is 15.2. The molecule has 0 bridgehead atoms. The van der Waals surface area contributed by atoms with Crippen LogP contribution in [0.5, 0.6) is 5.75 Å². The largest absolute Gasteiger partial charge is 0.491 e. The third kappa shape index (κ3) is 7.16. The van der Waals surface area contributed by atoms with Crippen LogP contribution in [0.1, 0.15) is 34.8 Å². The molecule has 0 spiro atoms. The molecule has 11 heteroatoms. The summed E-state index contributed by atoms with van der Waals surface area (Å²) >= 11 is 1.61. The van der Waals surface area contributed by atoms with Crippen molar-refractivity contribution in [1.82, 2.24) is 14.8 Å². The third-order valence-electron chi connectivity index (χ3n) is 6.98. The number of ether oxygens (including phenoxy) is 2. The van der Waals surface area contributed by atoms with Crippen LogP contribution in [0.15, 0.2) is 58.9 Å². The molecule has 9 nitrogen and oxygen atoms in total. The number of rotatable bonds is 6. The molecule has 3 atom stereocenters. The van der Waals surface area contributed by atoms with Gasteiger partial charge in [-0.05, 0) is 44.0 Å². The van der Waals surface area contributed by atoms with E-state index >= 15 is 0 Å². The van der Waals surface area contributed by atoms with Crippen LogP contribution < -0.4 is 9.46 Å². The summed E-state index contributed by atoms with van der Waals surface area (Å²) in [7, 11) is -0.411. The molecule has 2 heterocycles. The minimum atomic E-state index is -3.82. The van der Waals surface area contributed by atoms with E-state index in [4.69, 9.17) is 9.47 Å². The van der Waals surface area contributed by atoms with Gasteiger partial charge < -0.3 is 14.4 Å². The number of carbonyl (C=O) groups excluding carboxylic acids is 1. The number of likely N-dealkylation sites (N-methyl/N-ethyl adjacent to an activating group) is 1. The maximum absolute atomic E-state index is 13.5. The molecule has 2 aromatic carbocycles. The second kappa shape index (κ2) is 12.5. The van der Waals surface area contributed by atoms with Crippen molar-refractivity contribution in [3.8, 4) is 5.75 Å². The van der Waals surface area contributed by atoms with Gasteiger partial charge in [0.1, 0.15) is 17.4 Å². The van der Waals surface area contributed by atoms with Crippen molar-refractivity contribution in [3.63, 3.8) is 0 Å². The zero-order valence-electron chi connectivity index (χ0n) is 23.0. The monoisotopic (exact) mass is 572 g/mol. The van der Waals surface area contributed by atoms with Crippen molar-refractivity contribution in [2.75, 3.05) is 38.6 Å². The van der Waals surface area contributed by atoms with Gasteiger partial charge in [-0.1, -0.05) is 24.6 Å². The zero-order valence-corrected chi connectivity index (χ0v) is 24.6. The molecule has 0 aliphatic carbocycles. The summed E-state index contributed by atoms with van der Waals surface area (Å²) < 4.78 is 40.7. The molecule has 1 aromatic heterocycles. The van der Waals surface area contributed by atoms with Crippen molar-refractivity contribution in [3.05, 3.63) is 70.2 Å². The average molecular weight is 573 g/mol. The highest BCUT2D eigenvalue weighted by atomic mass is 32.2. The van der Waals surface area contributed by atoms with Gasteiger partial charge in [0, 0.05) is 50.9 Å². The van der Waals surface area contributed by atoms with E-state index < -0.39 is 10.0 Å². The quantitative estimate of drug-likeness (QED) is 0.471. The molecule has 0 radical (unpaired) electrons. The Bertz CT molecular complexity index is 1360. The van der Waals surface area contributed by atoms with Crippen molar-refractivity contribution in [2.24, 2.45) is 5.92 Å². The highest BCUT2D eigenvalue weighted by molar-refractivity contribution is 7.92. The minimum Gasteiger partial charge on any atom is -0.491 e. The normalized spacial score (nSPS) is 21.4. The number of fused-ring (bicyclic) bond motifs is 1. The molecular formula is C28H36N4O5S2. The Morgan fingerprint density at radius 3 is 2.56 bits per heavy atom. The summed E-state index contributed by atoms with van der Waals surface area (Å²) in [6, 6.07) is 11.4. The number of sulfonamides is 1. The number of hydrogen-bond donors (Lipinski definition) is 1. The Kier molecular flexibility index (Phi) is 9.27. The van der Waals surface area contributed by atoms with Crippen LogP contribution >= 0.6 is 11.3 Å². The number of amides is 1. The number of aryl methyl sites for hydroxylation is 1. The topological polar surface area (TPSA) is 101 Å². The second-order valence-corrected chi connectivity index (χ2v) is 12.7. The molecule has 0 unspecified atom stereocenters. The van der Waals surface area contributed by atoms with Gasteiger partial charge in [-0.15, -0.1) is 11.3 Å². The van der Waals surface area contributed by atoms with Crippen molar-refractivity contribution < 1.29 is 22.7 Å². The maximum Gasteiger partial charge on any atom is 0.261 e. The van der Waals surface area contributed by atoms with Gasteiger partial charge in [0.2, 0.25) is 0 Å². The summed E-state index contributed by atoms with van der Waals surface area (Å²) in [6.45, 7) is 8.19. The SMILES string of the molecule is CO[C@H]1CN(C)C(=O)c2ccc(NS(=O)(=O)c3ccc(C)cc3)cc2OC[C@@H](C)N(Cc2nccs2)C[C@H]1C. The molecule has 1 amide bonds. The van der Waals surface area contributed by atoms with E-state index in [0.717, 1.165) is 17.1 Å². The van der Waals surface area contributed by atoms with Gasteiger partial charge in [-0.3, -0.25) is 14.4 Å². The number of nitrogens with one attached hydrogen (secondary N) is 1. The molecule has 1 aliphatic heterocycles. The molecule has 4 rings (SSSR count). The fraction of sp³-hybridized carbons (Fsp3) is 0.429. The van der Waals surface area contributed by atoms with Crippen molar-refractivity contribution in [2.45, 2.75) is 44.4 Å². The Balaban J connectivity index is 1.65. The molecule has 39 heavy (non-hydrogen) atoms. The lowest BCUT2D eigenvalue weighted by Crippen LogP contribution is -2.46. The van der Waals surface area contributed by atoms with Crippen LogP contribution in [0.4, 0.5) is 5.69 Å². The van der Waals surface area contributed by atoms with Crippen LogP contribution in [0, 0.1) is 12.8 Å². The molecule has 0 saturated carbocycles. The molecule has 0 saturated heterocycles. The second-order valence-electron chi connectivity index (χ2n) is 10.1. The smallest absolute Gasteiger partial charge is 0.261 e. The lowest BCUT2D eigenvalue weighted by atomic mass is 10.0. The van der Waals surface area contributed by atoms with Crippen LogP contribution in [-0.2, 0) is 21.3 Å². The minimum absolute atomic E-state index is 0.0122. The number of thiazole rings is 1. The zero-order chi connectivity index (χ0) is 28.2. The number of nitrogens with zero attached hydrogens (tertiary/aromatic N) is 3. The summed E-state index contributed by atoms with van der Waals surface area (Å²) in [5.41, 5.74) is 1.64. The Morgan fingerprint density at radius 1 is 1.15 bits per heavy atom. The number of benzene rings is 2. The standard InChI is InChI=1S/C28H36N4O5S2/c1-19-6-9-23(10-7-19)39(34,35)30-22-8-11-24-25(14-22)37-18-21(3)32(17-27-29-12-13-38-27)15-20(2)26(36-5)16-31(4)28(24)33/h6-14,20-21,26,30H,15-18H2,1-5H3/t20-,21-,26+/m1/s1. The molecule has 210 valence electrons. The third-order valence-corrected chi connectivity index (χ3v) is 9.14. The number of anilines is 1. The molecule has 0 fully saturated rings. The Hall–Kier alpha value is -2.99. The van der Waals surface area contributed by atoms with E-state index in [1.165, 1.54) is 0 Å². The first kappa shape index (κ1) is 29.0. The van der Waals surface area contributed by atoms with E-state index in [1.807, 2.05) is 12.3 Å². The van der Waals surface area contributed by atoms with Crippen LogP contribution in [0.2, 0.25) is 0 Å².